The quantitative estimate of drug-likeness (QED) is 0.775. The molecule has 27 heavy (non-hydrogen) atoms. The lowest BCUT2D eigenvalue weighted by molar-refractivity contribution is -0.161. The summed E-state index contributed by atoms with van der Waals surface area (Å²) in [6.45, 7) is 7.49. The van der Waals surface area contributed by atoms with Crippen molar-refractivity contribution in [2.45, 2.75) is 65.2 Å². The number of hydrogen-bond acceptors (Lipinski definition) is 5. The number of carbonyl (C=O) groups excluding carboxylic acids is 2. The molecule has 0 spiro atoms. The van der Waals surface area contributed by atoms with Gasteiger partial charge in [-0.2, -0.15) is 5.26 Å². The first-order chi connectivity index (χ1) is 12.8. The molecule has 1 saturated carbocycles. The third-order valence-corrected chi connectivity index (χ3v) is 5.32. The molecular weight excluding hydrogens is 344 g/mol. The van der Waals surface area contributed by atoms with Gasteiger partial charge in [0.25, 0.3) is 5.91 Å². The first-order valence-electron chi connectivity index (χ1n) is 9.49. The number of carbonyl (C=O) groups is 2. The highest BCUT2D eigenvalue weighted by atomic mass is 16.6. The van der Waals surface area contributed by atoms with E-state index in [9.17, 15) is 9.59 Å². The standard InChI is InChI=1S/C21H28N2O4/c1-13-6-5-7-19(14(13)2)23-20(24)15(3)27-21(25)16(4)26-18-10-8-17(12-22)9-11-18/h8-11,13-16,19H,5-7H2,1-4H3,(H,23,24)/t13-,14+,15+,16+,19+/m0/s1. The molecule has 0 bridgehead atoms. The van der Waals surface area contributed by atoms with Crippen LogP contribution in [0.15, 0.2) is 24.3 Å². The van der Waals surface area contributed by atoms with E-state index >= 15 is 0 Å². The van der Waals surface area contributed by atoms with Crippen LogP contribution in [-0.4, -0.2) is 30.1 Å². The van der Waals surface area contributed by atoms with Crippen molar-refractivity contribution in [3.8, 4) is 11.8 Å². The molecule has 1 aromatic carbocycles. The molecule has 1 fully saturated rings. The van der Waals surface area contributed by atoms with Crippen LogP contribution in [0.2, 0.25) is 0 Å². The second-order valence-corrected chi connectivity index (χ2v) is 7.36. The summed E-state index contributed by atoms with van der Waals surface area (Å²) < 4.78 is 10.8. The van der Waals surface area contributed by atoms with E-state index in [1.165, 1.54) is 6.42 Å². The van der Waals surface area contributed by atoms with E-state index in [2.05, 4.69) is 19.2 Å². The van der Waals surface area contributed by atoms with Crippen molar-refractivity contribution < 1.29 is 19.1 Å². The van der Waals surface area contributed by atoms with Crippen molar-refractivity contribution in [1.29, 1.82) is 5.26 Å². The zero-order chi connectivity index (χ0) is 20.0. The first kappa shape index (κ1) is 20.8. The lowest BCUT2D eigenvalue weighted by atomic mass is 9.78. The summed E-state index contributed by atoms with van der Waals surface area (Å²) in [5.74, 6) is 0.555. The minimum absolute atomic E-state index is 0.120. The van der Waals surface area contributed by atoms with Gasteiger partial charge in [0.15, 0.2) is 12.2 Å². The minimum Gasteiger partial charge on any atom is -0.479 e. The molecular formula is C21H28N2O4. The average Bonchev–Trinajstić information content (AvgIpc) is 2.65. The molecule has 1 aliphatic carbocycles. The largest absolute Gasteiger partial charge is 0.479 e. The van der Waals surface area contributed by atoms with E-state index in [4.69, 9.17) is 14.7 Å². The van der Waals surface area contributed by atoms with E-state index in [0.717, 1.165) is 12.8 Å². The molecule has 1 amide bonds. The Bertz CT molecular complexity index is 695. The van der Waals surface area contributed by atoms with Gasteiger partial charge in [-0.3, -0.25) is 4.79 Å². The van der Waals surface area contributed by atoms with Crippen LogP contribution < -0.4 is 10.1 Å². The predicted molar refractivity (Wildman–Crippen MR) is 101 cm³/mol. The topological polar surface area (TPSA) is 88.4 Å². The second kappa shape index (κ2) is 9.40. The van der Waals surface area contributed by atoms with Crippen LogP contribution in [0.4, 0.5) is 0 Å². The number of hydrogen-bond donors (Lipinski definition) is 1. The normalized spacial score (nSPS) is 24.2. The molecule has 5 atom stereocenters. The second-order valence-electron chi connectivity index (χ2n) is 7.36. The average molecular weight is 372 g/mol. The van der Waals surface area contributed by atoms with Crippen molar-refractivity contribution in [2.24, 2.45) is 11.8 Å². The highest BCUT2D eigenvalue weighted by molar-refractivity contribution is 5.84. The Labute approximate surface area is 160 Å². The molecule has 2 rings (SSSR count). The smallest absolute Gasteiger partial charge is 0.347 e. The summed E-state index contributed by atoms with van der Waals surface area (Å²) in [4.78, 5) is 24.6. The lowest BCUT2D eigenvalue weighted by Gasteiger charge is -2.35. The van der Waals surface area contributed by atoms with Gasteiger partial charge in [-0.15, -0.1) is 0 Å². The summed E-state index contributed by atoms with van der Waals surface area (Å²) in [7, 11) is 0. The Hall–Kier alpha value is -2.55. The van der Waals surface area contributed by atoms with E-state index in [1.54, 1.807) is 38.1 Å². The van der Waals surface area contributed by atoms with Gasteiger partial charge in [0.2, 0.25) is 0 Å². The molecule has 1 aliphatic rings. The SMILES string of the molecule is C[C@@H]1[C@@H](C)CCC[C@H]1NC(=O)[C@@H](C)OC(=O)[C@@H](C)Oc1ccc(C#N)cc1. The van der Waals surface area contributed by atoms with Gasteiger partial charge in [-0.05, 0) is 56.4 Å². The number of benzene rings is 1. The Morgan fingerprint density at radius 1 is 1.15 bits per heavy atom. The fraction of sp³-hybridized carbons (Fsp3) is 0.571. The maximum atomic E-state index is 12.4. The number of rotatable bonds is 6. The van der Waals surface area contributed by atoms with Crippen LogP contribution in [0.1, 0.15) is 52.5 Å². The van der Waals surface area contributed by atoms with Crippen LogP contribution in [-0.2, 0) is 14.3 Å². The highest BCUT2D eigenvalue weighted by Gasteiger charge is 2.30. The van der Waals surface area contributed by atoms with E-state index in [0.29, 0.717) is 23.1 Å². The zero-order valence-electron chi connectivity index (χ0n) is 16.4. The molecule has 1 aromatic rings. The molecule has 0 radical (unpaired) electrons. The summed E-state index contributed by atoms with van der Waals surface area (Å²) in [6.07, 6.45) is 1.49. The predicted octanol–water partition coefficient (Wildman–Crippen LogP) is 3.20. The third-order valence-electron chi connectivity index (χ3n) is 5.32. The van der Waals surface area contributed by atoms with Gasteiger partial charge in [-0.1, -0.05) is 26.7 Å². The Morgan fingerprint density at radius 3 is 2.44 bits per heavy atom. The fourth-order valence-electron chi connectivity index (χ4n) is 3.27. The minimum atomic E-state index is -0.881. The van der Waals surface area contributed by atoms with Gasteiger partial charge >= 0.3 is 5.97 Å². The maximum Gasteiger partial charge on any atom is 0.347 e. The highest BCUT2D eigenvalue weighted by Crippen LogP contribution is 2.29. The van der Waals surface area contributed by atoms with Gasteiger partial charge in [-0.25, -0.2) is 4.79 Å². The van der Waals surface area contributed by atoms with Crippen LogP contribution in [0.3, 0.4) is 0 Å². The first-order valence-corrected chi connectivity index (χ1v) is 9.49. The molecule has 6 heteroatoms. The van der Waals surface area contributed by atoms with E-state index in [-0.39, 0.29) is 11.9 Å². The molecule has 0 aromatic heterocycles. The molecule has 0 heterocycles. The number of nitriles is 1. The summed E-state index contributed by atoms with van der Waals surface area (Å²) in [5, 5.41) is 11.8. The van der Waals surface area contributed by atoms with Crippen molar-refractivity contribution in [3.63, 3.8) is 0 Å². The molecule has 0 saturated heterocycles. The van der Waals surface area contributed by atoms with Crippen LogP contribution in [0.5, 0.6) is 5.75 Å². The van der Waals surface area contributed by atoms with E-state index in [1.807, 2.05) is 6.07 Å². The van der Waals surface area contributed by atoms with Gasteiger partial charge in [0.1, 0.15) is 5.75 Å². The Balaban J connectivity index is 1.84. The molecule has 6 nitrogen and oxygen atoms in total. The van der Waals surface area contributed by atoms with Crippen molar-refractivity contribution in [2.75, 3.05) is 0 Å². The molecule has 1 N–H and O–H groups in total. The lowest BCUT2D eigenvalue weighted by Crippen LogP contribution is -2.48. The Morgan fingerprint density at radius 2 is 1.81 bits per heavy atom. The van der Waals surface area contributed by atoms with Crippen LogP contribution >= 0.6 is 0 Å². The number of nitrogens with one attached hydrogen (secondary N) is 1. The van der Waals surface area contributed by atoms with E-state index < -0.39 is 18.2 Å². The van der Waals surface area contributed by atoms with Crippen molar-refractivity contribution >= 4 is 11.9 Å². The molecule has 146 valence electrons. The molecule has 0 aliphatic heterocycles. The number of amides is 1. The van der Waals surface area contributed by atoms with Gasteiger partial charge in [0, 0.05) is 6.04 Å². The van der Waals surface area contributed by atoms with Gasteiger partial charge in [0.05, 0.1) is 11.6 Å². The van der Waals surface area contributed by atoms with Crippen LogP contribution in [0, 0.1) is 23.2 Å². The maximum absolute atomic E-state index is 12.4. The van der Waals surface area contributed by atoms with Gasteiger partial charge < -0.3 is 14.8 Å². The summed E-state index contributed by atoms with van der Waals surface area (Å²) in [5.41, 5.74) is 0.508. The third kappa shape index (κ3) is 5.72. The number of ether oxygens (including phenoxy) is 2. The summed E-state index contributed by atoms with van der Waals surface area (Å²) in [6, 6.07) is 8.58. The van der Waals surface area contributed by atoms with Crippen molar-refractivity contribution in [3.05, 3.63) is 29.8 Å². The van der Waals surface area contributed by atoms with Crippen LogP contribution in [0.25, 0.3) is 0 Å². The number of esters is 1. The zero-order valence-corrected chi connectivity index (χ0v) is 16.4. The summed E-state index contributed by atoms with van der Waals surface area (Å²) >= 11 is 0. The monoisotopic (exact) mass is 372 g/mol. The van der Waals surface area contributed by atoms with Crippen molar-refractivity contribution in [1.82, 2.24) is 5.32 Å². The molecule has 0 unspecified atom stereocenters. The fourth-order valence-corrected chi connectivity index (χ4v) is 3.27. The Kier molecular flexibility index (Phi) is 7.23. The number of nitrogens with zero attached hydrogens (tertiary/aromatic N) is 1.